The van der Waals surface area contributed by atoms with Crippen molar-refractivity contribution in [2.45, 2.75) is 25.7 Å². The zero-order chi connectivity index (χ0) is 18.8. The minimum atomic E-state index is -0.482. The van der Waals surface area contributed by atoms with Crippen LogP contribution in [0.3, 0.4) is 0 Å². The van der Waals surface area contributed by atoms with Crippen LogP contribution in [-0.4, -0.2) is 34.0 Å². The largest absolute Gasteiger partial charge is 0.339 e. The number of rotatable bonds is 3. The average Bonchev–Trinajstić information content (AvgIpc) is 3.18. The smallest absolute Gasteiger partial charge is 0.256 e. The first-order valence-corrected chi connectivity index (χ1v) is 9.06. The number of likely N-dealkylation sites (tertiary alicyclic amines) is 1. The van der Waals surface area contributed by atoms with Gasteiger partial charge in [-0.2, -0.15) is 4.98 Å². The van der Waals surface area contributed by atoms with Crippen molar-refractivity contribution in [3.63, 3.8) is 0 Å². The highest BCUT2D eigenvalue weighted by molar-refractivity contribution is 5.94. The summed E-state index contributed by atoms with van der Waals surface area (Å²) in [5, 5.41) is 4.10. The lowest BCUT2D eigenvalue weighted by Gasteiger charge is -2.30. The summed E-state index contributed by atoms with van der Waals surface area (Å²) in [6.07, 6.45) is 1.44. The van der Waals surface area contributed by atoms with Crippen LogP contribution in [-0.2, 0) is 0 Å². The Morgan fingerprint density at radius 3 is 2.67 bits per heavy atom. The molecule has 3 aromatic rings. The quantitative estimate of drug-likeness (QED) is 0.698. The number of piperidine rings is 1. The van der Waals surface area contributed by atoms with E-state index < -0.39 is 5.82 Å². The molecule has 27 heavy (non-hydrogen) atoms. The summed E-state index contributed by atoms with van der Waals surface area (Å²) in [5.41, 5.74) is 2.19. The van der Waals surface area contributed by atoms with Crippen molar-refractivity contribution in [1.82, 2.24) is 15.0 Å². The summed E-state index contributed by atoms with van der Waals surface area (Å²) in [7, 11) is 0. The molecule has 1 fully saturated rings. The van der Waals surface area contributed by atoms with Gasteiger partial charge in [-0.05, 0) is 38.0 Å². The van der Waals surface area contributed by atoms with Gasteiger partial charge in [0.2, 0.25) is 11.7 Å². The zero-order valence-electron chi connectivity index (χ0n) is 15.1. The van der Waals surface area contributed by atoms with E-state index in [1.807, 2.05) is 31.2 Å². The van der Waals surface area contributed by atoms with Gasteiger partial charge in [-0.3, -0.25) is 4.79 Å². The number of nitrogens with zero attached hydrogens (tertiary/aromatic N) is 3. The van der Waals surface area contributed by atoms with Crippen molar-refractivity contribution in [2.75, 3.05) is 13.1 Å². The maximum absolute atomic E-state index is 13.8. The summed E-state index contributed by atoms with van der Waals surface area (Å²) in [4.78, 5) is 18.8. The molecule has 1 aliphatic rings. The number of hydrogen-bond donors (Lipinski definition) is 0. The Balaban J connectivity index is 1.43. The van der Waals surface area contributed by atoms with Crippen LogP contribution in [0.15, 0.2) is 53.1 Å². The third-order valence-corrected chi connectivity index (χ3v) is 4.95. The Labute approximate surface area is 156 Å². The Bertz CT molecular complexity index is 961. The highest BCUT2D eigenvalue weighted by atomic mass is 19.1. The number of carbonyl (C=O) groups excluding carboxylic acids is 1. The average molecular weight is 365 g/mol. The Morgan fingerprint density at radius 1 is 1.15 bits per heavy atom. The molecule has 1 amide bonds. The molecule has 138 valence electrons. The molecule has 0 N–H and O–H groups in total. The van der Waals surface area contributed by atoms with Gasteiger partial charge in [0, 0.05) is 24.6 Å². The summed E-state index contributed by atoms with van der Waals surface area (Å²) in [6, 6.07) is 14.1. The topological polar surface area (TPSA) is 59.2 Å². The maximum Gasteiger partial charge on any atom is 0.256 e. The van der Waals surface area contributed by atoms with Gasteiger partial charge in [-0.15, -0.1) is 0 Å². The first-order chi connectivity index (χ1) is 13.1. The monoisotopic (exact) mass is 365 g/mol. The molecule has 0 bridgehead atoms. The Hall–Kier alpha value is -3.02. The van der Waals surface area contributed by atoms with Gasteiger partial charge in [0.25, 0.3) is 5.91 Å². The van der Waals surface area contributed by atoms with E-state index in [2.05, 4.69) is 10.1 Å². The standard InChI is InChI=1S/C21H20FN3O2/c1-14-5-4-6-16(13-14)19-23-20(27-24-19)15-9-11-25(12-10-15)21(26)17-7-2-3-8-18(17)22/h2-8,13,15H,9-12H2,1H3. The first kappa shape index (κ1) is 17.4. The van der Waals surface area contributed by atoms with Crippen LogP contribution in [0.2, 0.25) is 0 Å². The SMILES string of the molecule is Cc1cccc(-c2noc(C3CCN(C(=O)c4ccccc4F)CC3)n2)c1. The second-order valence-electron chi connectivity index (χ2n) is 6.87. The van der Waals surface area contributed by atoms with E-state index in [4.69, 9.17) is 4.52 Å². The predicted molar refractivity (Wildman–Crippen MR) is 98.7 cm³/mol. The summed E-state index contributed by atoms with van der Waals surface area (Å²) >= 11 is 0. The summed E-state index contributed by atoms with van der Waals surface area (Å²) < 4.78 is 19.3. The second kappa shape index (κ2) is 7.31. The third kappa shape index (κ3) is 3.60. The fourth-order valence-corrected chi connectivity index (χ4v) is 3.44. The molecule has 0 atom stereocenters. The number of aromatic nitrogens is 2. The lowest BCUT2D eigenvalue weighted by Crippen LogP contribution is -2.38. The van der Waals surface area contributed by atoms with E-state index in [1.165, 1.54) is 12.1 Å². The van der Waals surface area contributed by atoms with Crippen LogP contribution in [0, 0.1) is 12.7 Å². The lowest BCUT2D eigenvalue weighted by atomic mass is 9.96. The Kier molecular flexibility index (Phi) is 4.71. The molecule has 2 aromatic carbocycles. The summed E-state index contributed by atoms with van der Waals surface area (Å²) in [6.45, 7) is 3.10. The Morgan fingerprint density at radius 2 is 1.93 bits per heavy atom. The van der Waals surface area contributed by atoms with Crippen molar-refractivity contribution < 1.29 is 13.7 Å². The highest BCUT2D eigenvalue weighted by Crippen LogP contribution is 2.29. The van der Waals surface area contributed by atoms with Gasteiger partial charge in [0.05, 0.1) is 5.56 Å². The highest BCUT2D eigenvalue weighted by Gasteiger charge is 2.29. The number of halogens is 1. The van der Waals surface area contributed by atoms with Crippen molar-refractivity contribution >= 4 is 5.91 Å². The van der Waals surface area contributed by atoms with E-state index in [9.17, 15) is 9.18 Å². The number of carbonyl (C=O) groups is 1. The molecule has 1 aliphatic heterocycles. The van der Waals surface area contributed by atoms with Crippen LogP contribution in [0.5, 0.6) is 0 Å². The van der Waals surface area contributed by atoms with Gasteiger partial charge >= 0.3 is 0 Å². The van der Waals surface area contributed by atoms with Crippen molar-refractivity contribution in [3.8, 4) is 11.4 Å². The van der Waals surface area contributed by atoms with Gasteiger partial charge in [-0.1, -0.05) is 41.1 Å². The molecule has 0 aliphatic carbocycles. The van der Waals surface area contributed by atoms with E-state index in [0.29, 0.717) is 24.8 Å². The maximum atomic E-state index is 13.8. The molecule has 4 rings (SSSR count). The molecule has 0 spiro atoms. The number of hydrogen-bond acceptors (Lipinski definition) is 4. The van der Waals surface area contributed by atoms with Gasteiger partial charge in [-0.25, -0.2) is 4.39 Å². The van der Waals surface area contributed by atoms with Crippen molar-refractivity contribution in [3.05, 3.63) is 71.4 Å². The molecule has 0 saturated carbocycles. The van der Waals surface area contributed by atoms with E-state index in [0.717, 1.165) is 24.0 Å². The van der Waals surface area contributed by atoms with Gasteiger partial charge in [0.1, 0.15) is 5.82 Å². The van der Waals surface area contributed by atoms with Crippen LogP contribution < -0.4 is 0 Å². The molecule has 5 nitrogen and oxygen atoms in total. The first-order valence-electron chi connectivity index (χ1n) is 9.06. The van der Waals surface area contributed by atoms with Crippen LogP contribution >= 0.6 is 0 Å². The zero-order valence-corrected chi connectivity index (χ0v) is 15.1. The molecule has 1 saturated heterocycles. The minimum Gasteiger partial charge on any atom is -0.339 e. The van der Waals surface area contributed by atoms with Gasteiger partial charge in [0.15, 0.2) is 0 Å². The number of aryl methyl sites for hydroxylation is 1. The minimum absolute atomic E-state index is 0.112. The molecule has 2 heterocycles. The second-order valence-corrected chi connectivity index (χ2v) is 6.87. The summed E-state index contributed by atoms with van der Waals surface area (Å²) in [5.74, 6) is 0.547. The molecule has 1 aromatic heterocycles. The van der Waals surface area contributed by atoms with Crippen LogP contribution in [0.4, 0.5) is 4.39 Å². The predicted octanol–water partition coefficient (Wildman–Crippen LogP) is 4.20. The third-order valence-electron chi connectivity index (χ3n) is 4.95. The normalized spacial score (nSPS) is 15.1. The van der Waals surface area contributed by atoms with Crippen LogP contribution in [0.25, 0.3) is 11.4 Å². The number of benzene rings is 2. The van der Waals surface area contributed by atoms with Crippen molar-refractivity contribution in [1.29, 1.82) is 0 Å². The van der Waals surface area contributed by atoms with Gasteiger partial charge < -0.3 is 9.42 Å². The van der Waals surface area contributed by atoms with Crippen molar-refractivity contribution in [2.24, 2.45) is 0 Å². The molecular weight excluding hydrogens is 345 g/mol. The molecular formula is C21H20FN3O2. The molecule has 0 unspecified atom stereocenters. The van der Waals surface area contributed by atoms with E-state index in [1.54, 1.807) is 17.0 Å². The molecule has 0 radical (unpaired) electrons. The van der Waals surface area contributed by atoms with Crippen LogP contribution in [0.1, 0.15) is 40.6 Å². The van der Waals surface area contributed by atoms with E-state index in [-0.39, 0.29) is 17.4 Å². The lowest BCUT2D eigenvalue weighted by molar-refractivity contribution is 0.0700. The molecule has 6 heteroatoms. The number of amides is 1. The fourth-order valence-electron chi connectivity index (χ4n) is 3.44. The fraction of sp³-hybridized carbons (Fsp3) is 0.286. The van der Waals surface area contributed by atoms with E-state index >= 15 is 0 Å².